The van der Waals surface area contributed by atoms with Crippen molar-refractivity contribution in [2.24, 2.45) is 10.4 Å². The summed E-state index contributed by atoms with van der Waals surface area (Å²) in [7, 11) is 1.85. The van der Waals surface area contributed by atoms with Crippen molar-refractivity contribution in [2.45, 2.75) is 51.2 Å². The fraction of sp³-hybridized carbons (Fsp3) is 0.929. The Hall–Kier alpha value is -0.380. The van der Waals surface area contributed by atoms with Crippen LogP contribution < -0.4 is 10.6 Å². The van der Waals surface area contributed by atoms with Crippen molar-refractivity contribution >= 4 is 17.7 Å². The summed E-state index contributed by atoms with van der Waals surface area (Å²) < 4.78 is 0.245. The first-order valence-corrected chi connectivity index (χ1v) is 8.13. The molecule has 0 amide bonds. The Morgan fingerprint density at radius 2 is 1.89 bits per heavy atom. The van der Waals surface area contributed by atoms with Gasteiger partial charge in [0.1, 0.15) is 0 Å². The van der Waals surface area contributed by atoms with E-state index in [-0.39, 0.29) is 4.75 Å². The van der Waals surface area contributed by atoms with Gasteiger partial charge in [0.15, 0.2) is 5.96 Å². The second-order valence-corrected chi connectivity index (χ2v) is 7.77. The van der Waals surface area contributed by atoms with Crippen LogP contribution in [0.3, 0.4) is 0 Å². The van der Waals surface area contributed by atoms with E-state index in [9.17, 15) is 0 Å². The molecule has 0 spiro atoms. The van der Waals surface area contributed by atoms with Gasteiger partial charge in [0.05, 0.1) is 0 Å². The molecule has 0 aromatic carbocycles. The third-order valence-corrected chi connectivity index (χ3v) is 5.20. The number of hydrogen-bond donors (Lipinski definition) is 2. The average Bonchev–Trinajstić information content (AvgIpc) is 2.77. The van der Waals surface area contributed by atoms with E-state index in [4.69, 9.17) is 0 Å². The number of guanidine groups is 1. The van der Waals surface area contributed by atoms with Gasteiger partial charge in [-0.2, -0.15) is 11.8 Å². The van der Waals surface area contributed by atoms with Crippen LogP contribution in [0.25, 0.3) is 0 Å². The highest BCUT2D eigenvalue weighted by atomic mass is 32.2. The fourth-order valence-electron chi connectivity index (χ4n) is 2.29. The molecule has 0 saturated heterocycles. The molecule has 1 aliphatic carbocycles. The molecule has 0 aliphatic heterocycles. The zero-order chi connectivity index (χ0) is 13.6. The molecular weight excluding hydrogens is 242 g/mol. The monoisotopic (exact) mass is 271 g/mol. The van der Waals surface area contributed by atoms with Crippen molar-refractivity contribution in [3.63, 3.8) is 0 Å². The van der Waals surface area contributed by atoms with E-state index in [0.29, 0.717) is 5.41 Å². The van der Waals surface area contributed by atoms with Crippen molar-refractivity contribution in [2.75, 3.05) is 26.4 Å². The van der Waals surface area contributed by atoms with Crippen LogP contribution in [0, 0.1) is 5.41 Å². The summed E-state index contributed by atoms with van der Waals surface area (Å²) in [5, 5.41) is 6.90. The summed E-state index contributed by atoms with van der Waals surface area (Å²) in [5.41, 5.74) is 0.465. The first-order valence-electron chi connectivity index (χ1n) is 6.90. The highest BCUT2D eigenvalue weighted by Crippen LogP contribution is 2.36. The molecule has 0 bridgehead atoms. The first-order chi connectivity index (χ1) is 8.41. The van der Waals surface area contributed by atoms with Gasteiger partial charge in [0, 0.05) is 24.9 Å². The SMILES string of the molecule is CN=C(NCC1(C)CCCC1)NCC(C)(C)SC. The lowest BCUT2D eigenvalue weighted by Crippen LogP contribution is -2.46. The van der Waals surface area contributed by atoms with E-state index in [1.807, 2.05) is 18.8 Å². The molecule has 0 atom stereocenters. The maximum absolute atomic E-state index is 4.30. The summed E-state index contributed by atoms with van der Waals surface area (Å²) in [4.78, 5) is 4.30. The summed E-state index contributed by atoms with van der Waals surface area (Å²) in [6.45, 7) is 8.84. The van der Waals surface area contributed by atoms with Crippen molar-refractivity contribution in [1.82, 2.24) is 10.6 Å². The number of aliphatic imine (C=N–C) groups is 1. The minimum Gasteiger partial charge on any atom is -0.356 e. The summed E-state index contributed by atoms with van der Waals surface area (Å²) in [6, 6.07) is 0. The standard InChI is InChI=1S/C14H29N3S/c1-13(2,18-5)10-16-12(15-4)17-11-14(3)8-6-7-9-14/h6-11H2,1-5H3,(H2,15,16,17). The molecule has 4 heteroatoms. The van der Waals surface area contributed by atoms with Gasteiger partial charge in [-0.05, 0) is 38.4 Å². The van der Waals surface area contributed by atoms with Gasteiger partial charge in [-0.25, -0.2) is 0 Å². The summed E-state index contributed by atoms with van der Waals surface area (Å²) in [6.07, 6.45) is 7.59. The van der Waals surface area contributed by atoms with E-state index in [1.165, 1.54) is 25.7 Å². The van der Waals surface area contributed by atoms with Crippen LogP contribution in [0.4, 0.5) is 0 Å². The maximum Gasteiger partial charge on any atom is 0.191 e. The van der Waals surface area contributed by atoms with Gasteiger partial charge in [0.25, 0.3) is 0 Å². The Morgan fingerprint density at radius 3 is 2.39 bits per heavy atom. The van der Waals surface area contributed by atoms with Crippen molar-refractivity contribution in [3.8, 4) is 0 Å². The Labute approximate surface area is 117 Å². The first kappa shape index (κ1) is 15.7. The normalized spacial score (nSPS) is 19.9. The van der Waals surface area contributed by atoms with E-state index < -0.39 is 0 Å². The molecule has 0 unspecified atom stereocenters. The van der Waals surface area contributed by atoms with Crippen LogP contribution in [0.5, 0.6) is 0 Å². The maximum atomic E-state index is 4.30. The Kier molecular flexibility index (Phi) is 5.83. The van der Waals surface area contributed by atoms with Gasteiger partial charge in [-0.1, -0.05) is 19.8 Å². The topological polar surface area (TPSA) is 36.4 Å². The van der Waals surface area contributed by atoms with E-state index >= 15 is 0 Å². The van der Waals surface area contributed by atoms with Crippen molar-refractivity contribution in [3.05, 3.63) is 0 Å². The van der Waals surface area contributed by atoms with Gasteiger partial charge in [0.2, 0.25) is 0 Å². The minimum absolute atomic E-state index is 0.245. The summed E-state index contributed by atoms with van der Waals surface area (Å²) in [5.74, 6) is 0.935. The smallest absolute Gasteiger partial charge is 0.191 e. The Morgan fingerprint density at radius 1 is 1.28 bits per heavy atom. The quantitative estimate of drug-likeness (QED) is 0.596. The third-order valence-electron chi connectivity index (χ3n) is 3.95. The third kappa shape index (κ3) is 5.09. The zero-order valence-electron chi connectivity index (χ0n) is 12.6. The van der Waals surface area contributed by atoms with Crippen LogP contribution >= 0.6 is 11.8 Å². The molecule has 0 radical (unpaired) electrons. The molecule has 1 aliphatic rings. The van der Waals surface area contributed by atoms with Crippen LogP contribution in [-0.4, -0.2) is 37.1 Å². The highest BCUT2D eigenvalue weighted by Gasteiger charge is 2.28. The Balaban J connectivity index is 2.34. The highest BCUT2D eigenvalue weighted by molar-refractivity contribution is 7.99. The molecule has 1 fully saturated rings. The fourth-order valence-corrected chi connectivity index (χ4v) is 2.51. The van der Waals surface area contributed by atoms with E-state index in [1.54, 1.807) is 0 Å². The predicted molar refractivity (Wildman–Crippen MR) is 83.5 cm³/mol. The Bertz CT molecular complexity index is 281. The average molecular weight is 271 g/mol. The second-order valence-electron chi connectivity index (χ2n) is 6.26. The number of hydrogen-bond acceptors (Lipinski definition) is 2. The van der Waals surface area contributed by atoms with Crippen LogP contribution in [0.15, 0.2) is 4.99 Å². The van der Waals surface area contributed by atoms with Gasteiger partial charge < -0.3 is 10.6 Å². The molecule has 0 heterocycles. The molecule has 18 heavy (non-hydrogen) atoms. The molecule has 1 saturated carbocycles. The van der Waals surface area contributed by atoms with Gasteiger partial charge in [-0.15, -0.1) is 0 Å². The van der Waals surface area contributed by atoms with E-state index in [0.717, 1.165) is 19.0 Å². The lowest BCUT2D eigenvalue weighted by molar-refractivity contribution is 0.334. The second kappa shape index (κ2) is 6.69. The predicted octanol–water partition coefficient (Wildman–Crippen LogP) is 2.87. The molecule has 0 aromatic rings. The molecule has 106 valence electrons. The minimum atomic E-state index is 0.245. The van der Waals surface area contributed by atoms with Gasteiger partial charge >= 0.3 is 0 Å². The zero-order valence-corrected chi connectivity index (χ0v) is 13.4. The molecular formula is C14H29N3S. The van der Waals surface area contributed by atoms with E-state index in [2.05, 4.69) is 42.7 Å². The van der Waals surface area contributed by atoms with Gasteiger partial charge in [-0.3, -0.25) is 4.99 Å². The largest absolute Gasteiger partial charge is 0.356 e. The van der Waals surface area contributed by atoms with Crippen LogP contribution in [0.1, 0.15) is 46.5 Å². The van der Waals surface area contributed by atoms with Crippen LogP contribution in [-0.2, 0) is 0 Å². The molecule has 1 rings (SSSR count). The molecule has 2 N–H and O–H groups in total. The lowest BCUT2D eigenvalue weighted by Gasteiger charge is -2.27. The number of nitrogens with one attached hydrogen (secondary N) is 2. The molecule has 0 aromatic heterocycles. The number of rotatable bonds is 5. The number of thioether (sulfide) groups is 1. The summed E-state index contributed by atoms with van der Waals surface area (Å²) >= 11 is 1.88. The number of nitrogens with zero attached hydrogens (tertiary/aromatic N) is 1. The van der Waals surface area contributed by atoms with Crippen molar-refractivity contribution in [1.29, 1.82) is 0 Å². The molecule has 3 nitrogen and oxygen atoms in total. The lowest BCUT2D eigenvalue weighted by atomic mass is 9.89. The van der Waals surface area contributed by atoms with Crippen LogP contribution in [0.2, 0.25) is 0 Å². The van der Waals surface area contributed by atoms with Crippen molar-refractivity contribution < 1.29 is 0 Å².